The molecular weight excluding hydrogens is 263 g/mol. The Balaban J connectivity index is 0.000000437. The fourth-order valence-electron chi connectivity index (χ4n) is 1.08. The van der Waals surface area contributed by atoms with Crippen LogP contribution in [0.1, 0.15) is 0 Å². The van der Waals surface area contributed by atoms with Crippen molar-refractivity contribution in [3.8, 4) is 0 Å². The van der Waals surface area contributed by atoms with Gasteiger partial charge in [-0.25, -0.2) is 4.57 Å². The van der Waals surface area contributed by atoms with Crippen LogP contribution in [0.25, 0.3) is 0 Å². The van der Waals surface area contributed by atoms with Gasteiger partial charge in [-0.3, -0.25) is 0 Å². The predicted octanol–water partition coefficient (Wildman–Crippen LogP) is -4.15. The average Bonchev–Trinajstić information content (AvgIpc) is 2.18. The Bertz CT molecular complexity index is 253. The minimum absolute atomic E-state index is 0.526. The van der Waals surface area contributed by atoms with E-state index >= 15 is 0 Å². The number of hydrogen-bond acceptors (Lipinski definition) is 7. The second-order valence-corrected chi connectivity index (χ2v) is 4.26. The molecule has 5 atom stereocenters. The van der Waals surface area contributed by atoms with Gasteiger partial charge in [0.1, 0.15) is 24.4 Å². The summed E-state index contributed by atoms with van der Waals surface area (Å²) in [6.07, 6.45) is -7.04. The maximum Gasteiger partial charge on any atom is 0.466 e. The molecule has 1 heterocycles. The molecule has 0 bridgehead atoms. The summed E-state index contributed by atoms with van der Waals surface area (Å²) in [5.74, 6) is 0. The maximum absolute atomic E-state index is 9.12. The van der Waals surface area contributed by atoms with Crippen LogP contribution in [0.15, 0.2) is 0 Å². The summed E-state index contributed by atoms with van der Waals surface area (Å²) in [5.41, 5.74) is 0. The molecule has 0 saturated carbocycles. The lowest BCUT2D eigenvalue weighted by Gasteiger charge is -2.37. The van der Waals surface area contributed by atoms with E-state index in [0.29, 0.717) is 0 Å². The smallest absolute Gasteiger partial charge is 0.394 e. The molecule has 0 spiro atoms. The molecule has 0 amide bonds. The Morgan fingerprint density at radius 2 is 1.35 bits per heavy atom. The van der Waals surface area contributed by atoms with E-state index in [9.17, 15) is 0 Å². The highest BCUT2D eigenvalue weighted by molar-refractivity contribution is 7.45. The number of aliphatic hydroxyl groups excluding tert-OH is 5. The van der Waals surface area contributed by atoms with E-state index < -0.39 is 45.1 Å². The fourth-order valence-corrected chi connectivity index (χ4v) is 1.08. The van der Waals surface area contributed by atoms with Crippen LogP contribution in [0, 0.1) is 0 Å². The van der Waals surface area contributed by atoms with Crippen LogP contribution in [-0.2, 0) is 9.30 Å². The van der Waals surface area contributed by atoms with Gasteiger partial charge in [-0.1, -0.05) is 0 Å². The molecule has 104 valence electrons. The van der Waals surface area contributed by atoms with E-state index in [1.165, 1.54) is 0 Å². The third-order valence-corrected chi connectivity index (χ3v) is 1.87. The third kappa shape index (κ3) is 6.38. The van der Waals surface area contributed by atoms with Gasteiger partial charge in [0, 0.05) is 0 Å². The van der Waals surface area contributed by atoms with Crippen LogP contribution < -0.4 is 0 Å². The molecule has 0 aromatic rings. The summed E-state index contributed by atoms with van der Waals surface area (Å²) < 4.78 is 13.5. The molecule has 10 nitrogen and oxygen atoms in total. The zero-order valence-corrected chi connectivity index (χ0v) is 9.33. The van der Waals surface area contributed by atoms with Crippen molar-refractivity contribution in [2.24, 2.45) is 0 Å². The van der Waals surface area contributed by atoms with E-state index in [-0.39, 0.29) is 0 Å². The molecule has 0 aliphatic carbocycles. The van der Waals surface area contributed by atoms with Crippen molar-refractivity contribution in [2.75, 3.05) is 6.61 Å². The first-order valence-corrected chi connectivity index (χ1v) is 5.91. The van der Waals surface area contributed by atoms with Crippen molar-refractivity contribution in [1.82, 2.24) is 0 Å². The summed E-state index contributed by atoms with van der Waals surface area (Å²) in [7, 11) is -4.64. The molecule has 1 rings (SSSR count). The molecule has 8 N–H and O–H groups in total. The van der Waals surface area contributed by atoms with Gasteiger partial charge < -0.3 is 44.9 Å². The van der Waals surface area contributed by atoms with Crippen LogP contribution in [0.4, 0.5) is 0 Å². The van der Waals surface area contributed by atoms with Crippen molar-refractivity contribution in [2.45, 2.75) is 30.7 Å². The normalized spacial score (nSPS) is 38.2. The zero-order valence-electron chi connectivity index (χ0n) is 8.44. The van der Waals surface area contributed by atoms with Crippen molar-refractivity contribution >= 4 is 7.82 Å². The minimum Gasteiger partial charge on any atom is -0.394 e. The Hall–Kier alpha value is -0.130. The van der Waals surface area contributed by atoms with Crippen LogP contribution in [0.3, 0.4) is 0 Å². The first-order valence-electron chi connectivity index (χ1n) is 4.34. The standard InChI is InChI=1S/C6H12O6.H3O4P/c7-1-2-3(8)4(9)5(10)6(11)12-2;1-5(2,3)4/h2-11H,1H2;(H3,1,2,3,4)/t2-,3+,4+,5-,6-;/m1./s1. The van der Waals surface area contributed by atoms with Crippen LogP contribution in [0.5, 0.6) is 0 Å². The second kappa shape index (κ2) is 6.71. The fraction of sp³-hybridized carbons (Fsp3) is 1.00. The molecule has 0 aromatic carbocycles. The minimum atomic E-state index is -4.64. The summed E-state index contributed by atoms with van der Waals surface area (Å²) in [6, 6.07) is 0. The lowest BCUT2D eigenvalue weighted by molar-refractivity contribution is -0.286. The number of ether oxygens (including phenoxy) is 1. The molecule has 11 heteroatoms. The Labute approximate surface area is 95.6 Å². The molecular formula is C6H15O10P. The lowest BCUT2D eigenvalue weighted by atomic mass is 10.00. The van der Waals surface area contributed by atoms with Crippen molar-refractivity contribution in [3.05, 3.63) is 0 Å². The highest BCUT2D eigenvalue weighted by Crippen LogP contribution is 2.25. The van der Waals surface area contributed by atoms with Gasteiger partial charge in [0.15, 0.2) is 6.29 Å². The average molecular weight is 278 g/mol. The van der Waals surface area contributed by atoms with E-state index in [4.69, 9.17) is 44.8 Å². The molecule has 0 aromatic heterocycles. The summed E-state index contributed by atoms with van der Waals surface area (Å²) in [5, 5.41) is 44.7. The molecule has 0 radical (unpaired) electrons. The zero-order chi connectivity index (χ0) is 13.8. The molecule has 1 aliphatic heterocycles. The highest BCUT2D eigenvalue weighted by atomic mass is 31.2. The number of phosphoric acid groups is 1. The van der Waals surface area contributed by atoms with Gasteiger partial charge >= 0.3 is 7.82 Å². The maximum atomic E-state index is 9.12. The first kappa shape index (κ1) is 16.9. The van der Waals surface area contributed by atoms with Gasteiger partial charge in [-0.15, -0.1) is 0 Å². The largest absolute Gasteiger partial charge is 0.466 e. The van der Waals surface area contributed by atoms with Crippen molar-refractivity contribution in [3.63, 3.8) is 0 Å². The number of hydrogen-bond donors (Lipinski definition) is 8. The summed E-state index contributed by atoms with van der Waals surface area (Å²) in [6.45, 7) is -0.526. The van der Waals surface area contributed by atoms with Crippen LogP contribution in [0.2, 0.25) is 0 Å². The van der Waals surface area contributed by atoms with E-state index in [1.54, 1.807) is 0 Å². The van der Waals surface area contributed by atoms with Crippen LogP contribution >= 0.6 is 7.82 Å². The SMILES string of the molecule is O=P(O)(O)O.OC[C@H]1O[C@@H](O)[C@H](O)[C@@H](O)[C@H]1O. The molecule has 1 saturated heterocycles. The molecule has 1 fully saturated rings. The number of aliphatic hydroxyl groups is 5. The molecule has 1 aliphatic rings. The van der Waals surface area contributed by atoms with Gasteiger partial charge in [0.05, 0.1) is 6.61 Å². The van der Waals surface area contributed by atoms with E-state index in [0.717, 1.165) is 0 Å². The van der Waals surface area contributed by atoms with Crippen molar-refractivity contribution in [1.29, 1.82) is 0 Å². The quantitative estimate of drug-likeness (QED) is 0.218. The highest BCUT2D eigenvalue weighted by Gasteiger charge is 2.42. The summed E-state index contributed by atoms with van der Waals surface area (Å²) >= 11 is 0. The second-order valence-electron chi connectivity index (χ2n) is 3.23. The third-order valence-electron chi connectivity index (χ3n) is 1.87. The predicted molar refractivity (Wildman–Crippen MR) is 50.2 cm³/mol. The van der Waals surface area contributed by atoms with Gasteiger partial charge in [-0.2, -0.15) is 0 Å². The Morgan fingerprint density at radius 1 is 0.941 bits per heavy atom. The summed E-state index contributed by atoms with van der Waals surface area (Å²) in [4.78, 5) is 21.6. The molecule has 17 heavy (non-hydrogen) atoms. The van der Waals surface area contributed by atoms with Crippen LogP contribution in [-0.4, -0.2) is 77.5 Å². The molecule has 0 unspecified atom stereocenters. The van der Waals surface area contributed by atoms with Gasteiger partial charge in [0.2, 0.25) is 0 Å². The van der Waals surface area contributed by atoms with Crippen molar-refractivity contribution < 1.29 is 49.5 Å². The first-order chi connectivity index (χ1) is 7.57. The Morgan fingerprint density at radius 3 is 1.71 bits per heavy atom. The van der Waals surface area contributed by atoms with Gasteiger partial charge in [-0.05, 0) is 0 Å². The Kier molecular flexibility index (Phi) is 6.66. The monoisotopic (exact) mass is 278 g/mol. The van der Waals surface area contributed by atoms with Gasteiger partial charge in [0.25, 0.3) is 0 Å². The number of rotatable bonds is 1. The lowest BCUT2D eigenvalue weighted by Crippen LogP contribution is -2.58. The van der Waals surface area contributed by atoms with E-state index in [1.807, 2.05) is 0 Å². The topological polar surface area (TPSA) is 188 Å². The van der Waals surface area contributed by atoms with E-state index in [2.05, 4.69) is 4.74 Å².